The molecule has 0 aliphatic carbocycles. The van der Waals surface area contributed by atoms with E-state index in [0.29, 0.717) is 11.4 Å². The van der Waals surface area contributed by atoms with Gasteiger partial charge in [0.2, 0.25) is 5.91 Å². The number of aliphatic carboxylic acids is 1. The van der Waals surface area contributed by atoms with Crippen LogP contribution in [0.5, 0.6) is 5.75 Å². The maximum absolute atomic E-state index is 11.4. The highest BCUT2D eigenvalue weighted by Gasteiger charge is 2.01. The smallest absolute Gasteiger partial charge is 0.341 e. The van der Waals surface area contributed by atoms with Crippen molar-refractivity contribution in [1.82, 2.24) is 0 Å². The minimum Gasteiger partial charge on any atom is -0.509 e. The number of hydrogen-bond acceptors (Lipinski definition) is 4. The molecule has 0 radical (unpaired) electrons. The van der Waals surface area contributed by atoms with Gasteiger partial charge in [-0.2, -0.15) is 0 Å². The first-order valence-electron chi connectivity index (χ1n) is 5.29. The van der Waals surface area contributed by atoms with E-state index in [1.54, 1.807) is 12.1 Å². The highest BCUT2D eigenvalue weighted by Crippen LogP contribution is 2.15. The fraction of sp³-hybridized carbons (Fsp3) is 0.0769. The lowest BCUT2D eigenvalue weighted by molar-refractivity contribution is -0.139. The van der Waals surface area contributed by atoms with Gasteiger partial charge in [0.05, 0.1) is 0 Å². The number of aliphatic hydroxyl groups is 1. The van der Waals surface area contributed by atoms with Gasteiger partial charge in [-0.1, -0.05) is 6.58 Å². The number of allylic oxidation sites excluding steroid dienone is 1. The van der Waals surface area contributed by atoms with E-state index in [2.05, 4.69) is 11.9 Å². The van der Waals surface area contributed by atoms with Crippen molar-refractivity contribution in [2.45, 2.75) is 0 Å². The first kappa shape index (κ1) is 14.3. The molecule has 0 fully saturated rings. The van der Waals surface area contributed by atoms with Crippen LogP contribution >= 0.6 is 0 Å². The average Bonchev–Trinajstić information content (AvgIpc) is 2.35. The lowest BCUT2D eigenvalue weighted by atomic mass is 10.3. The number of carbonyl (C=O) groups is 2. The third-order valence-electron chi connectivity index (χ3n) is 1.91. The molecular formula is C13H13NO5. The largest absolute Gasteiger partial charge is 0.509 e. The van der Waals surface area contributed by atoms with Gasteiger partial charge >= 0.3 is 5.97 Å². The summed E-state index contributed by atoms with van der Waals surface area (Å²) in [6.45, 7) is 2.78. The Bertz CT molecular complexity index is 504. The second-order valence-corrected chi connectivity index (χ2v) is 3.52. The Balaban J connectivity index is 2.54. The minimum absolute atomic E-state index is 0.215. The van der Waals surface area contributed by atoms with Crippen LogP contribution in [-0.4, -0.2) is 28.7 Å². The van der Waals surface area contributed by atoms with Crippen LogP contribution < -0.4 is 10.1 Å². The van der Waals surface area contributed by atoms with E-state index in [-0.39, 0.29) is 5.76 Å². The van der Waals surface area contributed by atoms with Crippen LogP contribution in [0.1, 0.15) is 0 Å². The van der Waals surface area contributed by atoms with Gasteiger partial charge in [-0.05, 0) is 30.3 Å². The highest BCUT2D eigenvalue weighted by atomic mass is 16.5. The molecule has 0 bridgehead atoms. The SMILES string of the molecule is C=C(O)/C=C\C(=O)Nc1ccc(OCC(=O)O)cc1. The number of anilines is 1. The molecule has 0 saturated carbocycles. The molecule has 0 spiro atoms. The zero-order chi connectivity index (χ0) is 14.3. The normalized spacial score (nSPS) is 10.1. The van der Waals surface area contributed by atoms with Gasteiger partial charge in [0.1, 0.15) is 11.5 Å². The molecule has 1 aromatic rings. The Morgan fingerprint density at radius 2 is 1.84 bits per heavy atom. The number of carboxylic acids is 1. The number of hydrogen-bond donors (Lipinski definition) is 3. The van der Waals surface area contributed by atoms with Crippen LogP contribution in [0.25, 0.3) is 0 Å². The molecule has 19 heavy (non-hydrogen) atoms. The zero-order valence-electron chi connectivity index (χ0n) is 10.00. The lowest BCUT2D eigenvalue weighted by Crippen LogP contribution is -2.10. The Labute approximate surface area is 109 Å². The van der Waals surface area contributed by atoms with Crippen molar-refractivity contribution in [2.24, 2.45) is 0 Å². The molecule has 1 rings (SSSR count). The van der Waals surface area contributed by atoms with Crippen molar-refractivity contribution in [2.75, 3.05) is 11.9 Å². The number of rotatable bonds is 6. The van der Waals surface area contributed by atoms with Gasteiger partial charge in [-0.25, -0.2) is 4.79 Å². The van der Waals surface area contributed by atoms with Gasteiger partial charge in [0.15, 0.2) is 6.61 Å². The Morgan fingerprint density at radius 1 is 1.21 bits per heavy atom. The first-order valence-corrected chi connectivity index (χ1v) is 5.29. The molecule has 1 amide bonds. The van der Waals surface area contributed by atoms with Crippen LogP contribution in [0.2, 0.25) is 0 Å². The standard InChI is InChI=1S/C13H13NO5/c1-9(15)2-7-12(16)14-10-3-5-11(6-4-10)19-8-13(17)18/h2-7,15H,1,8H2,(H,14,16)(H,17,18)/b7-2-. The summed E-state index contributed by atoms with van der Waals surface area (Å²) in [7, 11) is 0. The van der Waals surface area contributed by atoms with Crippen molar-refractivity contribution in [3.05, 3.63) is 48.8 Å². The molecule has 0 heterocycles. The van der Waals surface area contributed by atoms with Crippen molar-refractivity contribution in [3.8, 4) is 5.75 Å². The molecule has 3 N–H and O–H groups in total. The van der Waals surface area contributed by atoms with E-state index in [1.165, 1.54) is 18.2 Å². The van der Waals surface area contributed by atoms with E-state index in [4.69, 9.17) is 14.9 Å². The van der Waals surface area contributed by atoms with Gasteiger partial charge < -0.3 is 20.3 Å². The van der Waals surface area contributed by atoms with Gasteiger partial charge in [0, 0.05) is 11.8 Å². The van der Waals surface area contributed by atoms with Crippen molar-refractivity contribution in [3.63, 3.8) is 0 Å². The molecule has 0 aliphatic heterocycles. The number of carbonyl (C=O) groups excluding carboxylic acids is 1. The fourth-order valence-corrected chi connectivity index (χ4v) is 1.14. The zero-order valence-corrected chi connectivity index (χ0v) is 10.00. The average molecular weight is 263 g/mol. The summed E-state index contributed by atoms with van der Waals surface area (Å²) in [5.74, 6) is -1.31. The number of amides is 1. The van der Waals surface area contributed by atoms with Crippen molar-refractivity contribution < 1.29 is 24.5 Å². The summed E-state index contributed by atoms with van der Waals surface area (Å²) in [5.41, 5.74) is 0.515. The van der Waals surface area contributed by atoms with Gasteiger partial charge in [0.25, 0.3) is 0 Å². The predicted molar refractivity (Wildman–Crippen MR) is 69.1 cm³/mol. The Morgan fingerprint density at radius 3 is 2.37 bits per heavy atom. The van der Waals surface area contributed by atoms with Crippen molar-refractivity contribution in [1.29, 1.82) is 0 Å². The molecule has 0 aromatic heterocycles. The van der Waals surface area contributed by atoms with Crippen LogP contribution in [-0.2, 0) is 9.59 Å². The number of benzene rings is 1. The quantitative estimate of drug-likeness (QED) is 0.412. The Kier molecular flexibility index (Phi) is 5.16. The van der Waals surface area contributed by atoms with Crippen LogP contribution in [0.3, 0.4) is 0 Å². The molecule has 100 valence electrons. The van der Waals surface area contributed by atoms with Crippen LogP contribution in [0.15, 0.2) is 48.8 Å². The van der Waals surface area contributed by atoms with E-state index < -0.39 is 18.5 Å². The van der Waals surface area contributed by atoms with E-state index >= 15 is 0 Å². The topological polar surface area (TPSA) is 95.9 Å². The number of aliphatic hydroxyl groups excluding tert-OH is 1. The van der Waals surface area contributed by atoms with Crippen LogP contribution in [0, 0.1) is 0 Å². The van der Waals surface area contributed by atoms with E-state index in [0.717, 1.165) is 6.08 Å². The monoisotopic (exact) mass is 263 g/mol. The minimum atomic E-state index is -1.06. The summed E-state index contributed by atoms with van der Waals surface area (Å²) in [6.07, 6.45) is 2.30. The Hall–Kier alpha value is -2.76. The molecule has 0 atom stereocenters. The van der Waals surface area contributed by atoms with E-state index in [9.17, 15) is 9.59 Å². The summed E-state index contributed by atoms with van der Waals surface area (Å²) < 4.78 is 4.94. The maximum atomic E-state index is 11.4. The first-order chi connectivity index (χ1) is 8.97. The summed E-state index contributed by atoms with van der Waals surface area (Å²) in [4.78, 5) is 21.7. The van der Waals surface area contributed by atoms with Gasteiger partial charge in [-0.3, -0.25) is 4.79 Å². The number of carboxylic acid groups (broad SMARTS) is 1. The third-order valence-corrected chi connectivity index (χ3v) is 1.91. The maximum Gasteiger partial charge on any atom is 0.341 e. The summed E-state index contributed by atoms with van der Waals surface area (Å²) in [6, 6.07) is 6.20. The number of nitrogens with one attached hydrogen (secondary N) is 1. The molecule has 0 saturated heterocycles. The predicted octanol–water partition coefficient (Wildman–Crippen LogP) is 1.72. The third kappa shape index (κ3) is 5.92. The lowest BCUT2D eigenvalue weighted by Gasteiger charge is -2.05. The molecule has 6 nitrogen and oxygen atoms in total. The van der Waals surface area contributed by atoms with Crippen molar-refractivity contribution >= 4 is 17.6 Å². The summed E-state index contributed by atoms with van der Waals surface area (Å²) >= 11 is 0. The molecular weight excluding hydrogens is 250 g/mol. The fourth-order valence-electron chi connectivity index (χ4n) is 1.14. The van der Waals surface area contributed by atoms with Crippen LogP contribution in [0.4, 0.5) is 5.69 Å². The summed E-state index contributed by atoms with van der Waals surface area (Å²) in [5, 5.41) is 19.8. The molecule has 6 heteroatoms. The van der Waals surface area contributed by atoms with E-state index in [1.807, 2.05) is 0 Å². The number of ether oxygens (including phenoxy) is 1. The molecule has 1 aromatic carbocycles. The second-order valence-electron chi connectivity index (χ2n) is 3.52. The second kappa shape index (κ2) is 6.85. The molecule has 0 unspecified atom stereocenters. The molecule has 0 aliphatic rings. The van der Waals surface area contributed by atoms with Gasteiger partial charge in [-0.15, -0.1) is 0 Å². The highest BCUT2D eigenvalue weighted by molar-refractivity contribution is 5.99.